The predicted molar refractivity (Wildman–Crippen MR) is 125 cm³/mol. The number of nitrogens with one attached hydrogen (secondary N) is 1. The number of nitrogens with zero attached hydrogens (tertiary/aromatic N) is 3. The van der Waals surface area contributed by atoms with Crippen LogP contribution in [0.15, 0.2) is 18.3 Å². The fraction of sp³-hybridized carbons (Fsp3) is 0.583. The SMILES string of the molecule is CC1CCCCC1.CN1CCC(C(N)=O)CC1.COc1cc(-c2cc(C=O)[nH]n2)c(F)cn1. The number of likely N-dealkylation sites (tertiary alicyclic amines) is 1. The molecule has 1 aliphatic carbocycles. The van der Waals surface area contributed by atoms with Crippen molar-refractivity contribution >= 4 is 12.2 Å². The van der Waals surface area contributed by atoms with E-state index in [0.29, 0.717) is 12.0 Å². The number of carbonyl (C=O) groups excluding carboxylic acids is 2. The smallest absolute Gasteiger partial charge is 0.220 e. The molecule has 0 spiro atoms. The molecule has 0 atom stereocenters. The topological polar surface area (TPSA) is 114 Å². The molecule has 0 unspecified atom stereocenters. The van der Waals surface area contributed by atoms with Crippen molar-refractivity contribution in [3.63, 3.8) is 0 Å². The van der Waals surface area contributed by atoms with Crippen molar-refractivity contribution in [2.24, 2.45) is 17.6 Å². The third-order valence-corrected chi connectivity index (χ3v) is 6.05. The normalized spacial score (nSPS) is 17.2. The minimum Gasteiger partial charge on any atom is -0.481 e. The fourth-order valence-corrected chi connectivity index (χ4v) is 3.86. The van der Waals surface area contributed by atoms with Crippen LogP contribution in [0.4, 0.5) is 4.39 Å². The molecule has 0 bridgehead atoms. The van der Waals surface area contributed by atoms with Gasteiger partial charge in [-0.2, -0.15) is 5.10 Å². The third-order valence-electron chi connectivity index (χ3n) is 6.05. The molecule has 8 nitrogen and oxygen atoms in total. The summed E-state index contributed by atoms with van der Waals surface area (Å²) in [6, 6.07) is 2.87. The van der Waals surface area contributed by atoms with Gasteiger partial charge in [0.2, 0.25) is 11.8 Å². The van der Waals surface area contributed by atoms with Gasteiger partial charge in [-0.3, -0.25) is 14.7 Å². The van der Waals surface area contributed by atoms with E-state index in [2.05, 4.69) is 34.1 Å². The molecule has 1 saturated carbocycles. The highest BCUT2D eigenvalue weighted by Crippen LogP contribution is 2.24. The number of hydrogen-bond donors (Lipinski definition) is 2. The maximum Gasteiger partial charge on any atom is 0.220 e. The second kappa shape index (κ2) is 13.7. The number of pyridine rings is 1. The molecule has 2 aromatic heterocycles. The second-order valence-corrected chi connectivity index (χ2v) is 8.76. The lowest BCUT2D eigenvalue weighted by molar-refractivity contribution is -0.123. The van der Waals surface area contributed by atoms with Crippen LogP contribution in [0.3, 0.4) is 0 Å². The molecule has 2 aromatic rings. The molecule has 3 heterocycles. The maximum absolute atomic E-state index is 13.4. The average Bonchev–Trinajstić information content (AvgIpc) is 3.30. The number of hydrogen-bond acceptors (Lipinski definition) is 6. The van der Waals surface area contributed by atoms with Crippen molar-refractivity contribution in [3.05, 3.63) is 29.8 Å². The quantitative estimate of drug-likeness (QED) is 0.669. The first kappa shape index (κ1) is 26.4. The molecule has 3 N–H and O–H groups in total. The van der Waals surface area contributed by atoms with E-state index >= 15 is 0 Å². The molecule has 1 amide bonds. The summed E-state index contributed by atoms with van der Waals surface area (Å²) in [6.45, 7) is 4.38. The molecule has 9 heteroatoms. The molecule has 182 valence electrons. The lowest BCUT2D eigenvalue weighted by Crippen LogP contribution is -2.36. The lowest BCUT2D eigenvalue weighted by atomic mass is 9.91. The van der Waals surface area contributed by atoms with E-state index in [1.165, 1.54) is 51.3 Å². The Labute approximate surface area is 195 Å². The summed E-state index contributed by atoms with van der Waals surface area (Å²) in [5.74, 6) is 0.801. The number of carbonyl (C=O) groups is 2. The van der Waals surface area contributed by atoms with Crippen LogP contribution >= 0.6 is 0 Å². The summed E-state index contributed by atoms with van der Waals surface area (Å²) >= 11 is 0. The molecule has 0 radical (unpaired) electrons. The molecular formula is C24H36FN5O3. The van der Waals surface area contributed by atoms with E-state index in [9.17, 15) is 14.0 Å². The van der Waals surface area contributed by atoms with Crippen LogP contribution in [0.5, 0.6) is 5.88 Å². The monoisotopic (exact) mass is 461 g/mol. The van der Waals surface area contributed by atoms with Crippen molar-refractivity contribution < 1.29 is 18.7 Å². The Morgan fingerprint density at radius 3 is 2.36 bits per heavy atom. The number of aromatic amines is 1. The number of piperidine rings is 1. The number of nitrogens with two attached hydrogens (primary N) is 1. The zero-order chi connectivity index (χ0) is 24.2. The van der Waals surface area contributed by atoms with Gasteiger partial charge in [0.05, 0.1) is 24.7 Å². The Hall–Kier alpha value is -2.81. The summed E-state index contributed by atoms with van der Waals surface area (Å²) in [5, 5.41) is 6.29. The zero-order valence-corrected chi connectivity index (χ0v) is 19.8. The van der Waals surface area contributed by atoms with Gasteiger partial charge in [-0.1, -0.05) is 39.0 Å². The number of primary amides is 1. The molecular weight excluding hydrogens is 425 g/mol. The van der Waals surface area contributed by atoms with Gasteiger partial charge in [0.15, 0.2) is 12.1 Å². The average molecular weight is 462 g/mol. The number of methoxy groups -OCH3 is 1. The molecule has 2 aliphatic rings. The van der Waals surface area contributed by atoms with Crippen LogP contribution < -0.4 is 10.5 Å². The standard InChI is InChI=1S/C10H8FN3O2.C7H14N2O.C7H14/c1-16-10-3-7(8(11)4-12-10)9-2-6(5-15)13-14-9;1-9-4-2-6(3-5-9)7(8)10;1-7-5-3-2-4-6-7/h2-5H,1H3,(H,13,14);6H,2-5H2,1H3,(H2,8,10);7H,2-6H2,1H3. The van der Waals surface area contributed by atoms with Crippen LogP contribution in [-0.2, 0) is 4.79 Å². The first-order chi connectivity index (χ1) is 15.8. The largest absolute Gasteiger partial charge is 0.481 e. The van der Waals surface area contributed by atoms with Crippen LogP contribution in [-0.4, -0.2) is 59.5 Å². The van der Waals surface area contributed by atoms with Gasteiger partial charge in [0.1, 0.15) is 0 Å². The van der Waals surface area contributed by atoms with E-state index in [0.717, 1.165) is 38.0 Å². The molecule has 1 saturated heterocycles. The summed E-state index contributed by atoms with van der Waals surface area (Å²) in [4.78, 5) is 27.0. The Morgan fingerprint density at radius 1 is 1.21 bits per heavy atom. The van der Waals surface area contributed by atoms with E-state index in [4.69, 9.17) is 10.5 Å². The van der Waals surface area contributed by atoms with Crippen LogP contribution in [0, 0.1) is 17.7 Å². The number of halogens is 1. The Balaban J connectivity index is 0.000000193. The number of aromatic nitrogens is 3. The van der Waals surface area contributed by atoms with Gasteiger partial charge in [-0.25, -0.2) is 9.37 Å². The first-order valence-electron chi connectivity index (χ1n) is 11.5. The number of ether oxygens (including phenoxy) is 1. The predicted octanol–water partition coefficient (Wildman–Crippen LogP) is 3.83. The number of aldehydes is 1. The summed E-state index contributed by atoms with van der Waals surface area (Å²) in [7, 11) is 3.50. The Morgan fingerprint density at radius 2 is 1.88 bits per heavy atom. The third kappa shape index (κ3) is 8.92. The molecule has 2 fully saturated rings. The molecule has 4 rings (SSSR count). The van der Waals surface area contributed by atoms with Crippen molar-refractivity contribution in [1.29, 1.82) is 0 Å². The van der Waals surface area contributed by atoms with Gasteiger partial charge >= 0.3 is 0 Å². The second-order valence-electron chi connectivity index (χ2n) is 8.76. The van der Waals surface area contributed by atoms with Crippen LogP contribution in [0.25, 0.3) is 11.3 Å². The van der Waals surface area contributed by atoms with Gasteiger partial charge in [0, 0.05) is 17.5 Å². The van der Waals surface area contributed by atoms with Gasteiger partial charge in [-0.05, 0) is 45.0 Å². The summed E-state index contributed by atoms with van der Waals surface area (Å²) in [6.07, 6.45) is 11.0. The van der Waals surface area contributed by atoms with E-state index in [-0.39, 0.29) is 29.0 Å². The van der Waals surface area contributed by atoms with E-state index < -0.39 is 5.82 Å². The molecule has 33 heavy (non-hydrogen) atoms. The highest BCUT2D eigenvalue weighted by molar-refractivity contribution is 5.76. The van der Waals surface area contributed by atoms with E-state index in [1.54, 1.807) is 0 Å². The summed E-state index contributed by atoms with van der Waals surface area (Å²) in [5.41, 5.74) is 6.00. The minimum absolute atomic E-state index is 0.131. The number of rotatable bonds is 4. The fourth-order valence-electron chi connectivity index (χ4n) is 3.86. The van der Waals surface area contributed by atoms with E-state index in [1.807, 2.05) is 0 Å². The minimum atomic E-state index is -0.523. The Kier molecular flexibility index (Phi) is 11.0. The van der Waals surface area contributed by atoms with Crippen molar-refractivity contribution in [2.45, 2.75) is 51.9 Å². The number of H-pyrrole nitrogens is 1. The van der Waals surface area contributed by atoms with Crippen molar-refractivity contribution in [1.82, 2.24) is 20.1 Å². The highest BCUT2D eigenvalue weighted by Gasteiger charge is 2.20. The first-order valence-corrected chi connectivity index (χ1v) is 11.5. The van der Waals surface area contributed by atoms with Gasteiger partial charge in [0.25, 0.3) is 0 Å². The van der Waals surface area contributed by atoms with Crippen LogP contribution in [0.1, 0.15) is 62.4 Å². The highest BCUT2D eigenvalue weighted by atomic mass is 19.1. The van der Waals surface area contributed by atoms with Crippen LogP contribution in [0.2, 0.25) is 0 Å². The maximum atomic E-state index is 13.4. The lowest BCUT2D eigenvalue weighted by Gasteiger charge is -2.26. The van der Waals surface area contributed by atoms with Gasteiger partial charge < -0.3 is 15.4 Å². The molecule has 1 aliphatic heterocycles. The van der Waals surface area contributed by atoms with Gasteiger partial charge in [-0.15, -0.1) is 0 Å². The Bertz CT molecular complexity index is 875. The van der Waals surface area contributed by atoms with Crippen molar-refractivity contribution in [3.8, 4) is 17.1 Å². The number of amides is 1. The van der Waals surface area contributed by atoms with Crippen molar-refractivity contribution in [2.75, 3.05) is 27.2 Å². The zero-order valence-electron chi connectivity index (χ0n) is 19.8. The molecule has 0 aromatic carbocycles. The summed E-state index contributed by atoms with van der Waals surface area (Å²) < 4.78 is 18.3.